The van der Waals surface area contributed by atoms with Crippen LogP contribution >= 0.6 is 0 Å². The van der Waals surface area contributed by atoms with Crippen molar-refractivity contribution in [2.24, 2.45) is 0 Å². The molecule has 6 heteroatoms. The molecular formula is C10H15N3O3. The minimum absolute atomic E-state index is 0.347. The maximum absolute atomic E-state index is 11.3. The van der Waals surface area contributed by atoms with Gasteiger partial charge in [0.25, 0.3) is 0 Å². The molecule has 88 valence electrons. The number of methoxy groups -OCH3 is 1. The Hall–Kier alpha value is -1.56. The molecule has 1 fully saturated rings. The van der Waals surface area contributed by atoms with E-state index >= 15 is 0 Å². The third-order valence-electron chi connectivity index (χ3n) is 2.56. The summed E-state index contributed by atoms with van der Waals surface area (Å²) in [5.74, 6) is 1.23. The summed E-state index contributed by atoms with van der Waals surface area (Å²) in [5, 5.41) is 0. The number of hydrogen-bond donors (Lipinski definition) is 1. The second kappa shape index (κ2) is 4.52. The van der Waals surface area contributed by atoms with E-state index in [4.69, 9.17) is 9.47 Å². The highest BCUT2D eigenvalue weighted by Crippen LogP contribution is 2.26. The lowest BCUT2D eigenvalue weighted by Gasteiger charge is -2.28. The molecule has 0 aliphatic carbocycles. The average Bonchev–Trinajstić information content (AvgIpc) is 2.29. The first kappa shape index (κ1) is 10.9. The van der Waals surface area contributed by atoms with Gasteiger partial charge in [0, 0.05) is 13.1 Å². The van der Waals surface area contributed by atoms with Crippen molar-refractivity contribution in [2.75, 3.05) is 38.3 Å². The molecular weight excluding hydrogens is 210 g/mol. The van der Waals surface area contributed by atoms with Crippen LogP contribution in [0.25, 0.3) is 0 Å². The Bertz CT molecular complexity index is 424. The van der Waals surface area contributed by atoms with Gasteiger partial charge in [-0.25, -0.2) is 4.79 Å². The smallest absolute Gasteiger partial charge is 0.347 e. The zero-order valence-electron chi connectivity index (χ0n) is 9.45. The van der Waals surface area contributed by atoms with Crippen LogP contribution in [-0.2, 0) is 4.74 Å². The van der Waals surface area contributed by atoms with Crippen LogP contribution in [0.15, 0.2) is 4.79 Å². The van der Waals surface area contributed by atoms with E-state index in [0.29, 0.717) is 30.5 Å². The van der Waals surface area contributed by atoms with Crippen LogP contribution in [-0.4, -0.2) is 43.4 Å². The quantitative estimate of drug-likeness (QED) is 0.762. The van der Waals surface area contributed by atoms with Crippen molar-refractivity contribution in [3.63, 3.8) is 0 Å². The van der Waals surface area contributed by atoms with Gasteiger partial charge < -0.3 is 19.4 Å². The van der Waals surface area contributed by atoms with E-state index in [0.717, 1.165) is 13.1 Å². The van der Waals surface area contributed by atoms with Gasteiger partial charge in [-0.15, -0.1) is 0 Å². The topological polar surface area (TPSA) is 67.5 Å². The van der Waals surface area contributed by atoms with Gasteiger partial charge in [-0.3, -0.25) is 0 Å². The summed E-state index contributed by atoms with van der Waals surface area (Å²) in [6, 6.07) is 0. The predicted molar refractivity (Wildman–Crippen MR) is 59.2 cm³/mol. The number of hydrogen-bond acceptors (Lipinski definition) is 5. The molecule has 0 bridgehead atoms. The van der Waals surface area contributed by atoms with Crippen molar-refractivity contribution in [1.82, 2.24) is 9.97 Å². The SMILES string of the molecule is COc1c(N2CCOCC2)nc(=O)[nH]c1C. The van der Waals surface area contributed by atoms with Gasteiger partial charge in [-0.1, -0.05) is 0 Å². The molecule has 1 saturated heterocycles. The number of ether oxygens (including phenoxy) is 2. The first-order valence-corrected chi connectivity index (χ1v) is 5.20. The van der Waals surface area contributed by atoms with Gasteiger partial charge in [-0.05, 0) is 6.92 Å². The van der Waals surface area contributed by atoms with E-state index in [1.807, 2.05) is 4.90 Å². The number of aromatic amines is 1. The fraction of sp³-hybridized carbons (Fsp3) is 0.600. The van der Waals surface area contributed by atoms with E-state index in [1.165, 1.54) is 0 Å². The number of morpholine rings is 1. The zero-order valence-corrected chi connectivity index (χ0v) is 9.45. The number of nitrogens with zero attached hydrogens (tertiary/aromatic N) is 2. The zero-order chi connectivity index (χ0) is 11.5. The van der Waals surface area contributed by atoms with Crippen molar-refractivity contribution in [1.29, 1.82) is 0 Å². The molecule has 0 spiro atoms. The van der Waals surface area contributed by atoms with Crippen LogP contribution in [0.4, 0.5) is 5.82 Å². The number of aromatic nitrogens is 2. The third kappa shape index (κ3) is 2.01. The lowest BCUT2D eigenvalue weighted by molar-refractivity contribution is 0.122. The summed E-state index contributed by atoms with van der Waals surface area (Å²) >= 11 is 0. The molecule has 0 unspecified atom stereocenters. The summed E-state index contributed by atoms with van der Waals surface area (Å²) in [6.45, 7) is 4.55. The largest absolute Gasteiger partial charge is 0.491 e. The minimum atomic E-state index is -0.347. The van der Waals surface area contributed by atoms with Crippen molar-refractivity contribution in [3.8, 4) is 5.75 Å². The van der Waals surface area contributed by atoms with E-state index in [9.17, 15) is 4.79 Å². The number of anilines is 1. The molecule has 1 aliphatic heterocycles. The Kier molecular flexibility index (Phi) is 3.09. The number of nitrogens with one attached hydrogen (secondary N) is 1. The molecule has 1 N–H and O–H groups in total. The molecule has 2 rings (SSSR count). The Labute approximate surface area is 93.2 Å². The maximum Gasteiger partial charge on any atom is 0.347 e. The molecule has 1 aromatic rings. The molecule has 16 heavy (non-hydrogen) atoms. The first-order valence-electron chi connectivity index (χ1n) is 5.20. The van der Waals surface area contributed by atoms with Crippen LogP contribution in [0.2, 0.25) is 0 Å². The highest BCUT2D eigenvalue weighted by atomic mass is 16.5. The number of H-pyrrole nitrogens is 1. The molecule has 0 radical (unpaired) electrons. The minimum Gasteiger partial charge on any atom is -0.491 e. The number of aryl methyl sites for hydroxylation is 1. The second-order valence-corrected chi connectivity index (χ2v) is 3.62. The van der Waals surface area contributed by atoms with Crippen molar-refractivity contribution >= 4 is 5.82 Å². The summed E-state index contributed by atoms with van der Waals surface area (Å²) in [6.07, 6.45) is 0. The number of rotatable bonds is 2. The molecule has 0 amide bonds. The van der Waals surface area contributed by atoms with Crippen LogP contribution in [0, 0.1) is 6.92 Å². The summed E-state index contributed by atoms with van der Waals surface area (Å²) in [5.41, 5.74) is 0.351. The summed E-state index contributed by atoms with van der Waals surface area (Å²) in [7, 11) is 1.58. The normalized spacial score (nSPS) is 16.2. The third-order valence-corrected chi connectivity index (χ3v) is 2.56. The van der Waals surface area contributed by atoms with Crippen LogP contribution < -0.4 is 15.3 Å². The van der Waals surface area contributed by atoms with E-state index in [-0.39, 0.29) is 5.69 Å². The van der Waals surface area contributed by atoms with E-state index < -0.39 is 0 Å². The van der Waals surface area contributed by atoms with E-state index in [2.05, 4.69) is 9.97 Å². The molecule has 0 saturated carbocycles. The highest BCUT2D eigenvalue weighted by Gasteiger charge is 2.19. The Morgan fingerprint density at radius 2 is 2.12 bits per heavy atom. The van der Waals surface area contributed by atoms with Crippen LogP contribution in [0.3, 0.4) is 0 Å². The molecule has 6 nitrogen and oxygen atoms in total. The summed E-state index contributed by atoms with van der Waals surface area (Å²) in [4.78, 5) is 19.9. The lowest BCUT2D eigenvalue weighted by atomic mass is 10.3. The van der Waals surface area contributed by atoms with E-state index in [1.54, 1.807) is 14.0 Å². The fourth-order valence-electron chi connectivity index (χ4n) is 1.79. The molecule has 1 aliphatic rings. The first-order chi connectivity index (χ1) is 7.72. The van der Waals surface area contributed by atoms with Crippen LogP contribution in [0.1, 0.15) is 5.69 Å². The van der Waals surface area contributed by atoms with Gasteiger partial charge in [-0.2, -0.15) is 4.98 Å². The lowest BCUT2D eigenvalue weighted by Crippen LogP contribution is -2.38. The van der Waals surface area contributed by atoms with Gasteiger partial charge in [0.05, 0.1) is 26.0 Å². The Morgan fingerprint density at radius 3 is 2.75 bits per heavy atom. The molecule has 0 aromatic carbocycles. The van der Waals surface area contributed by atoms with Crippen LogP contribution in [0.5, 0.6) is 5.75 Å². The Balaban J connectivity index is 2.40. The van der Waals surface area contributed by atoms with Gasteiger partial charge >= 0.3 is 5.69 Å². The molecule has 2 heterocycles. The van der Waals surface area contributed by atoms with Crippen molar-refractivity contribution < 1.29 is 9.47 Å². The predicted octanol–water partition coefficient (Wildman–Crippen LogP) is -0.0765. The molecule has 1 aromatic heterocycles. The standard InChI is InChI=1S/C10H15N3O3/c1-7-8(15-2)9(12-10(14)11-7)13-3-5-16-6-4-13/h3-6H2,1-2H3,(H,11,12,14). The summed E-state index contributed by atoms with van der Waals surface area (Å²) < 4.78 is 10.5. The maximum atomic E-state index is 11.3. The second-order valence-electron chi connectivity index (χ2n) is 3.62. The van der Waals surface area contributed by atoms with Crippen molar-refractivity contribution in [3.05, 3.63) is 16.2 Å². The van der Waals surface area contributed by atoms with Crippen molar-refractivity contribution in [2.45, 2.75) is 6.92 Å². The van der Waals surface area contributed by atoms with Gasteiger partial charge in [0.2, 0.25) is 0 Å². The monoisotopic (exact) mass is 225 g/mol. The highest BCUT2D eigenvalue weighted by molar-refractivity contribution is 5.54. The Morgan fingerprint density at radius 1 is 1.44 bits per heavy atom. The fourth-order valence-corrected chi connectivity index (χ4v) is 1.79. The van der Waals surface area contributed by atoms with Gasteiger partial charge in [0.15, 0.2) is 11.6 Å². The van der Waals surface area contributed by atoms with Gasteiger partial charge in [0.1, 0.15) is 0 Å². The average molecular weight is 225 g/mol. The molecule has 0 atom stereocenters.